The number of rotatable bonds is 6. The number of carbonyl (C=O) groups excluding carboxylic acids is 2. The fourth-order valence-corrected chi connectivity index (χ4v) is 6.35. The number of carbonyl (C=O) groups is 2. The second kappa shape index (κ2) is 11.3. The van der Waals surface area contributed by atoms with Gasteiger partial charge in [-0.2, -0.15) is 0 Å². The summed E-state index contributed by atoms with van der Waals surface area (Å²) in [6.07, 6.45) is 7.43. The van der Waals surface area contributed by atoms with Gasteiger partial charge in [0.1, 0.15) is 6.61 Å². The molecule has 2 aromatic carbocycles. The van der Waals surface area contributed by atoms with Crippen molar-refractivity contribution in [2.24, 2.45) is 17.8 Å². The number of hydrogen-bond donors (Lipinski definition) is 3. The van der Waals surface area contributed by atoms with Gasteiger partial charge in [-0.05, 0) is 79.8 Å². The highest BCUT2D eigenvalue weighted by atomic mass is 16.5. The Hall–Kier alpha value is -2.86. The third-order valence-corrected chi connectivity index (χ3v) is 8.20. The van der Waals surface area contributed by atoms with E-state index >= 15 is 0 Å². The molecule has 0 unspecified atom stereocenters. The van der Waals surface area contributed by atoms with E-state index in [1.54, 1.807) is 0 Å². The van der Waals surface area contributed by atoms with E-state index < -0.39 is 6.09 Å². The minimum absolute atomic E-state index is 0.0176. The first-order chi connectivity index (χ1) is 17.2. The van der Waals surface area contributed by atoms with E-state index in [-0.39, 0.29) is 24.5 Å². The summed E-state index contributed by atoms with van der Waals surface area (Å²) in [5.74, 6) is 1.01. The molecule has 6 nitrogen and oxygen atoms in total. The predicted molar refractivity (Wildman–Crippen MR) is 137 cm³/mol. The zero-order chi connectivity index (χ0) is 24.0. The quantitative estimate of drug-likeness (QED) is 0.536. The van der Waals surface area contributed by atoms with Gasteiger partial charge in [0.2, 0.25) is 5.91 Å². The van der Waals surface area contributed by atoms with Crippen molar-refractivity contribution >= 4 is 17.7 Å². The van der Waals surface area contributed by atoms with Crippen molar-refractivity contribution in [1.82, 2.24) is 10.6 Å². The van der Waals surface area contributed by atoms with Crippen molar-refractivity contribution in [2.45, 2.75) is 63.5 Å². The Balaban J connectivity index is 1.24. The molecule has 4 atom stereocenters. The largest absolute Gasteiger partial charge is 0.445 e. The van der Waals surface area contributed by atoms with Crippen LogP contribution in [0.15, 0.2) is 54.6 Å². The fourth-order valence-electron chi connectivity index (χ4n) is 6.35. The Labute approximate surface area is 208 Å². The summed E-state index contributed by atoms with van der Waals surface area (Å²) in [7, 11) is 0. The summed E-state index contributed by atoms with van der Waals surface area (Å²) in [5.41, 5.74) is 3.10. The van der Waals surface area contributed by atoms with Gasteiger partial charge in [-0.1, -0.05) is 61.7 Å². The zero-order valence-electron chi connectivity index (χ0n) is 20.4. The van der Waals surface area contributed by atoms with E-state index in [4.69, 9.17) is 4.74 Å². The van der Waals surface area contributed by atoms with Gasteiger partial charge in [-0.15, -0.1) is 0 Å². The fraction of sp³-hybridized carbons (Fsp3) is 0.517. The van der Waals surface area contributed by atoms with Crippen LogP contribution in [0.25, 0.3) is 0 Å². The first-order valence-corrected chi connectivity index (χ1v) is 13.3. The van der Waals surface area contributed by atoms with Crippen molar-refractivity contribution in [3.05, 3.63) is 65.7 Å². The molecule has 0 spiro atoms. The number of hydrogen-bond acceptors (Lipinski definition) is 4. The number of benzene rings is 2. The molecule has 3 aliphatic rings. The normalized spacial score (nSPS) is 26.5. The first kappa shape index (κ1) is 23.9. The van der Waals surface area contributed by atoms with E-state index in [0.717, 1.165) is 62.9 Å². The monoisotopic (exact) mass is 475 g/mol. The molecule has 6 heteroatoms. The van der Waals surface area contributed by atoms with Crippen LogP contribution in [0.3, 0.4) is 0 Å². The van der Waals surface area contributed by atoms with Crippen LogP contribution in [-0.4, -0.2) is 31.1 Å². The number of fused-ring (bicyclic) bond motifs is 1. The van der Waals surface area contributed by atoms with E-state index in [2.05, 4.69) is 28.1 Å². The van der Waals surface area contributed by atoms with Crippen LogP contribution in [0, 0.1) is 17.8 Å². The average molecular weight is 476 g/mol. The van der Waals surface area contributed by atoms with Crippen LogP contribution in [0.1, 0.15) is 62.0 Å². The molecule has 35 heavy (non-hydrogen) atoms. The molecule has 1 saturated heterocycles. The van der Waals surface area contributed by atoms with Crippen LogP contribution >= 0.6 is 0 Å². The maximum absolute atomic E-state index is 13.5. The molecule has 3 fully saturated rings. The molecule has 2 amide bonds. The first-order valence-electron chi connectivity index (χ1n) is 13.3. The topological polar surface area (TPSA) is 79.5 Å². The molecule has 1 heterocycles. The second-order valence-electron chi connectivity index (χ2n) is 10.4. The maximum atomic E-state index is 13.5. The number of anilines is 1. The third-order valence-electron chi connectivity index (χ3n) is 8.20. The van der Waals surface area contributed by atoms with Gasteiger partial charge in [0.15, 0.2) is 0 Å². The summed E-state index contributed by atoms with van der Waals surface area (Å²) in [6.45, 7) is 2.31. The number of amides is 2. The molecular formula is C29H37N3O3. The lowest BCUT2D eigenvalue weighted by molar-refractivity contribution is -0.131. The lowest BCUT2D eigenvalue weighted by Gasteiger charge is -2.50. The Morgan fingerprint density at radius 1 is 0.886 bits per heavy atom. The van der Waals surface area contributed by atoms with Crippen molar-refractivity contribution in [3.63, 3.8) is 0 Å². The van der Waals surface area contributed by atoms with Gasteiger partial charge in [0, 0.05) is 11.7 Å². The van der Waals surface area contributed by atoms with Gasteiger partial charge in [0.05, 0.1) is 5.92 Å². The predicted octanol–water partition coefficient (Wildman–Crippen LogP) is 5.21. The second-order valence-corrected chi connectivity index (χ2v) is 10.4. The number of piperidine rings is 1. The highest BCUT2D eigenvalue weighted by molar-refractivity contribution is 5.94. The molecule has 0 radical (unpaired) electrons. The number of alkyl carbamates (subject to hydrolysis) is 1. The lowest BCUT2D eigenvalue weighted by Crippen LogP contribution is -2.63. The van der Waals surface area contributed by atoms with E-state index in [0.29, 0.717) is 17.8 Å². The molecule has 0 bridgehead atoms. The smallest absolute Gasteiger partial charge is 0.407 e. The molecule has 2 aliphatic carbocycles. The van der Waals surface area contributed by atoms with E-state index in [1.165, 1.54) is 12.0 Å². The van der Waals surface area contributed by atoms with Crippen molar-refractivity contribution in [3.8, 4) is 0 Å². The van der Waals surface area contributed by atoms with E-state index in [9.17, 15) is 9.59 Å². The standard InChI is InChI=1S/C29H37N3O3/c33-28(31-23-11-7-10-22(18-23)21-14-16-30-17-15-21)26-24-12-5-2-6-13-25(24)27(26)32-29(34)35-19-20-8-3-1-4-9-20/h1,3-4,7-11,18,21,24-27,30H,2,5-6,12-17,19H2,(H,31,33)(H,32,34)/t24-,25+,26-,27+/m1/s1. The molecule has 186 valence electrons. The van der Waals surface area contributed by atoms with Crippen molar-refractivity contribution in [1.29, 1.82) is 0 Å². The summed E-state index contributed by atoms with van der Waals surface area (Å²) < 4.78 is 5.49. The van der Waals surface area contributed by atoms with Gasteiger partial charge in [-0.3, -0.25) is 4.79 Å². The summed E-state index contributed by atoms with van der Waals surface area (Å²) in [5, 5.41) is 9.67. The molecule has 5 rings (SSSR count). The van der Waals surface area contributed by atoms with Gasteiger partial charge in [-0.25, -0.2) is 4.79 Å². The summed E-state index contributed by atoms with van der Waals surface area (Å²) in [6, 6.07) is 17.8. The van der Waals surface area contributed by atoms with Crippen LogP contribution in [0.5, 0.6) is 0 Å². The Morgan fingerprint density at radius 2 is 1.66 bits per heavy atom. The third kappa shape index (κ3) is 5.69. The van der Waals surface area contributed by atoms with Crippen LogP contribution in [0.4, 0.5) is 10.5 Å². The van der Waals surface area contributed by atoms with Gasteiger partial charge < -0.3 is 20.7 Å². The minimum atomic E-state index is -0.438. The SMILES string of the molecule is O=C(N[C@H]1[C@H]2CCCCC[C@H]2[C@H]1C(=O)Nc1cccc(C2CCNCC2)c1)OCc1ccccc1. The summed E-state index contributed by atoms with van der Waals surface area (Å²) >= 11 is 0. The maximum Gasteiger partial charge on any atom is 0.407 e. The van der Waals surface area contributed by atoms with Gasteiger partial charge >= 0.3 is 6.09 Å². The average Bonchev–Trinajstić information content (AvgIpc) is 3.10. The minimum Gasteiger partial charge on any atom is -0.445 e. The van der Waals surface area contributed by atoms with Crippen molar-refractivity contribution in [2.75, 3.05) is 18.4 Å². The summed E-state index contributed by atoms with van der Waals surface area (Å²) in [4.78, 5) is 26.2. The Morgan fingerprint density at radius 3 is 2.46 bits per heavy atom. The van der Waals surface area contributed by atoms with E-state index in [1.807, 2.05) is 42.5 Å². The Kier molecular flexibility index (Phi) is 7.67. The molecule has 3 N–H and O–H groups in total. The molecule has 2 aromatic rings. The molecule has 0 aromatic heterocycles. The van der Waals surface area contributed by atoms with Crippen molar-refractivity contribution < 1.29 is 14.3 Å². The highest BCUT2D eigenvalue weighted by Gasteiger charge is 2.54. The lowest BCUT2D eigenvalue weighted by atomic mass is 9.58. The zero-order valence-corrected chi connectivity index (χ0v) is 20.4. The van der Waals surface area contributed by atoms with Crippen LogP contribution < -0.4 is 16.0 Å². The van der Waals surface area contributed by atoms with Crippen LogP contribution in [-0.2, 0) is 16.1 Å². The highest BCUT2D eigenvalue weighted by Crippen LogP contribution is 2.49. The number of ether oxygens (including phenoxy) is 1. The molecular weight excluding hydrogens is 438 g/mol. The van der Waals surface area contributed by atoms with Gasteiger partial charge in [0.25, 0.3) is 0 Å². The Bertz CT molecular complexity index is 1010. The van der Waals surface area contributed by atoms with Crippen LogP contribution in [0.2, 0.25) is 0 Å². The molecule has 2 saturated carbocycles. The molecule has 1 aliphatic heterocycles. The number of nitrogens with one attached hydrogen (secondary N) is 3.